The number of carbonyl (C=O) groups excluding carboxylic acids is 1. The van der Waals surface area contributed by atoms with Crippen molar-refractivity contribution in [2.75, 3.05) is 0 Å². The van der Waals surface area contributed by atoms with Gasteiger partial charge in [0, 0.05) is 0 Å². The minimum atomic E-state index is -1.25. The topological polar surface area (TPSA) is 65.9 Å². The Balaban J connectivity index is 0.000001000. The third-order valence-electron chi connectivity index (χ3n) is 0.944. The average Bonchev–Trinajstić information content (AvgIpc) is 2.34. The summed E-state index contributed by atoms with van der Waals surface area (Å²) >= 11 is 1.06. The van der Waals surface area contributed by atoms with Crippen LogP contribution in [0.2, 0.25) is 0 Å². The van der Waals surface area contributed by atoms with E-state index in [0.717, 1.165) is 16.3 Å². The molecular weight excluding hydrogens is 191 g/mol. The van der Waals surface area contributed by atoms with Gasteiger partial charge in [-0.2, -0.15) is 0 Å². The summed E-state index contributed by atoms with van der Waals surface area (Å²) in [6, 6.07) is 0. The van der Waals surface area contributed by atoms with Gasteiger partial charge in [0.25, 0.3) is 0 Å². The monoisotopic (exact) mass is 196 g/mol. The van der Waals surface area contributed by atoms with Crippen molar-refractivity contribution in [1.82, 2.24) is 10.2 Å². The maximum absolute atomic E-state index is 10.1. The van der Waals surface area contributed by atoms with Gasteiger partial charge in [0.2, 0.25) is 0 Å². The predicted octanol–water partition coefficient (Wildman–Crippen LogP) is -3.53. The van der Waals surface area contributed by atoms with Crippen molar-refractivity contribution in [2.24, 2.45) is 0 Å². The molecule has 0 atom stereocenters. The van der Waals surface area contributed by atoms with E-state index in [9.17, 15) is 9.90 Å². The molecule has 4 nitrogen and oxygen atoms in total. The largest absolute Gasteiger partial charge is 1.00 e. The van der Waals surface area contributed by atoms with Crippen LogP contribution < -0.4 is 56.5 Å². The molecule has 0 aliphatic rings. The molecule has 0 aromatic carbocycles. The fourth-order valence-electron chi connectivity index (χ4n) is 0.479. The van der Waals surface area contributed by atoms with E-state index >= 15 is 0 Å². The molecule has 0 aliphatic carbocycles. The number of hydrogen-bond acceptors (Lipinski definition) is 5. The molecule has 1 heterocycles. The molecule has 0 unspecified atom stereocenters. The van der Waals surface area contributed by atoms with Gasteiger partial charge in [-0.05, 0) is 6.42 Å². The molecule has 0 bridgehead atoms. The Morgan fingerprint density at radius 2 is 2.27 bits per heavy atom. The average molecular weight is 196 g/mol. The van der Waals surface area contributed by atoms with Crippen molar-refractivity contribution in [3.8, 4) is 0 Å². The summed E-state index contributed by atoms with van der Waals surface area (Å²) in [4.78, 5) is 10.1. The Morgan fingerprint density at radius 3 is 2.55 bits per heavy atom. The third-order valence-corrected chi connectivity index (χ3v) is 1.99. The second-order valence-electron chi connectivity index (χ2n) is 1.64. The Labute approximate surface area is 110 Å². The number of rotatable bonds is 2. The van der Waals surface area contributed by atoms with Gasteiger partial charge in [0.1, 0.15) is 11.0 Å². The summed E-state index contributed by atoms with van der Waals surface area (Å²) in [5, 5.41) is 17.8. The first-order chi connectivity index (χ1) is 4.74. The molecule has 1 rings (SSSR count). The number of aromatic carboxylic acids is 1. The molecule has 0 N–H and O–H groups in total. The van der Waals surface area contributed by atoms with Gasteiger partial charge in [-0.25, -0.2) is 0 Å². The van der Waals surface area contributed by atoms with Crippen LogP contribution in [0.1, 0.15) is 21.7 Å². The Kier molecular flexibility index (Phi) is 5.66. The molecule has 0 amide bonds. The summed E-state index contributed by atoms with van der Waals surface area (Å²) < 4.78 is 0. The molecule has 1 aromatic rings. The third kappa shape index (κ3) is 3.26. The van der Waals surface area contributed by atoms with Crippen LogP contribution in [0.3, 0.4) is 0 Å². The zero-order chi connectivity index (χ0) is 7.56. The number of hydrogen-bond donors (Lipinski definition) is 0. The van der Waals surface area contributed by atoms with Crippen LogP contribution in [0.15, 0.2) is 0 Å². The molecule has 0 fully saturated rings. The van der Waals surface area contributed by atoms with E-state index in [-0.39, 0.29) is 56.4 Å². The van der Waals surface area contributed by atoms with Gasteiger partial charge in [0.15, 0.2) is 5.01 Å². The number of carbonyl (C=O) groups is 1. The zero-order valence-electron chi connectivity index (χ0n) is 6.33. The minimum Gasteiger partial charge on any atom is -0.542 e. The van der Waals surface area contributed by atoms with E-state index in [2.05, 4.69) is 10.2 Å². The second-order valence-corrected chi connectivity index (χ2v) is 2.70. The summed E-state index contributed by atoms with van der Waals surface area (Å²) in [6.45, 7) is 1.89. The minimum absolute atomic E-state index is 0. The summed E-state index contributed by atoms with van der Waals surface area (Å²) in [6.07, 6.45) is 0.713. The number of aromatic nitrogens is 2. The smallest absolute Gasteiger partial charge is 0.542 e. The standard InChI is InChI=1S/C5H6N2O2S.K/c1-2-3-6-7-4(10-3)5(8)9;/h2H2,1H3,(H,8,9);/q;+1/p-1. The van der Waals surface area contributed by atoms with Crippen molar-refractivity contribution in [3.63, 3.8) is 0 Å². The fourth-order valence-corrected chi connectivity index (χ4v) is 1.09. The molecule has 6 heteroatoms. The molecular formula is C5H5KN2O2S. The van der Waals surface area contributed by atoms with Gasteiger partial charge >= 0.3 is 51.4 Å². The van der Waals surface area contributed by atoms with Crippen molar-refractivity contribution < 1.29 is 61.3 Å². The van der Waals surface area contributed by atoms with Crippen molar-refractivity contribution >= 4 is 17.3 Å². The first kappa shape index (κ1) is 11.7. The summed E-state index contributed by atoms with van der Waals surface area (Å²) in [5.41, 5.74) is 0. The maximum Gasteiger partial charge on any atom is 1.00 e. The normalized spacial score (nSPS) is 8.82. The van der Waals surface area contributed by atoms with E-state index < -0.39 is 5.97 Å². The molecule has 0 saturated carbocycles. The van der Waals surface area contributed by atoms with Crippen LogP contribution in [0.5, 0.6) is 0 Å². The fraction of sp³-hybridized carbons (Fsp3) is 0.400. The van der Waals surface area contributed by atoms with Gasteiger partial charge in [-0.3, -0.25) is 0 Å². The van der Waals surface area contributed by atoms with Gasteiger partial charge < -0.3 is 9.90 Å². The zero-order valence-corrected chi connectivity index (χ0v) is 10.3. The van der Waals surface area contributed by atoms with E-state index in [0.29, 0.717) is 6.42 Å². The van der Waals surface area contributed by atoms with Crippen molar-refractivity contribution in [1.29, 1.82) is 0 Å². The van der Waals surface area contributed by atoms with Crippen molar-refractivity contribution in [3.05, 3.63) is 10.0 Å². The van der Waals surface area contributed by atoms with Crippen molar-refractivity contribution in [2.45, 2.75) is 13.3 Å². The first-order valence-corrected chi connectivity index (χ1v) is 3.59. The van der Waals surface area contributed by atoms with Crippen LogP contribution in [0.25, 0.3) is 0 Å². The van der Waals surface area contributed by atoms with E-state index in [4.69, 9.17) is 0 Å². The van der Waals surface area contributed by atoms with Crippen LogP contribution in [-0.4, -0.2) is 16.2 Å². The summed E-state index contributed by atoms with van der Waals surface area (Å²) in [7, 11) is 0. The molecule has 1 aromatic heterocycles. The first-order valence-electron chi connectivity index (χ1n) is 2.77. The Bertz CT molecular complexity index is 250. The predicted molar refractivity (Wildman–Crippen MR) is 33.6 cm³/mol. The van der Waals surface area contributed by atoms with Crippen LogP contribution in [0.4, 0.5) is 0 Å². The van der Waals surface area contributed by atoms with E-state index in [1.165, 1.54) is 0 Å². The quantitative estimate of drug-likeness (QED) is 0.460. The van der Waals surface area contributed by atoms with Crippen LogP contribution in [-0.2, 0) is 6.42 Å². The van der Waals surface area contributed by atoms with Gasteiger partial charge in [-0.15, -0.1) is 10.2 Å². The van der Waals surface area contributed by atoms with E-state index in [1.807, 2.05) is 6.92 Å². The second kappa shape index (κ2) is 5.34. The van der Waals surface area contributed by atoms with Gasteiger partial charge in [0.05, 0.1) is 0 Å². The Hall–Kier alpha value is 0.666. The molecule has 0 radical (unpaired) electrons. The van der Waals surface area contributed by atoms with Crippen LogP contribution in [0, 0.1) is 0 Å². The molecule has 0 saturated heterocycles. The summed E-state index contributed by atoms with van der Waals surface area (Å²) in [5.74, 6) is -1.25. The van der Waals surface area contributed by atoms with Gasteiger partial charge in [-0.1, -0.05) is 18.3 Å². The SMILES string of the molecule is CCc1nnc(C(=O)[O-])s1.[K+]. The molecule has 0 aliphatic heterocycles. The molecule has 54 valence electrons. The molecule has 0 spiro atoms. The van der Waals surface area contributed by atoms with Crippen LogP contribution >= 0.6 is 11.3 Å². The van der Waals surface area contributed by atoms with E-state index in [1.54, 1.807) is 0 Å². The number of aryl methyl sites for hydroxylation is 1. The number of carboxylic acids is 1. The maximum atomic E-state index is 10.1. The molecule has 11 heavy (non-hydrogen) atoms. The number of carboxylic acid groups (broad SMARTS) is 1. The number of nitrogens with zero attached hydrogens (tertiary/aromatic N) is 2. The Morgan fingerprint density at radius 1 is 1.64 bits per heavy atom.